The summed E-state index contributed by atoms with van der Waals surface area (Å²) in [4.78, 5) is 24.5. The van der Waals surface area contributed by atoms with Gasteiger partial charge in [-0.1, -0.05) is 24.8 Å². The van der Waals surface area contributed by atoms with Gasteiger partial charge in [0.2, 0.25) is 5.91 Å². The van der Waals surface area contributed by atoms with Crippen LogP contribution in [0.4, 0.5) is 15.9 Å². The van der Waals surface area contributed by atoms with Crippen molar-refractivity contribution in [1.29, 1.82) is 0 Å². The lowest BCUT2D eigenvalue weighted by Gasteiger charge is -2.09. The molecule has 3 N–H and O–H groups in total. The van der Waals surface area contributed by atoms with Gasteiger partial charge in [0.15, 0.2) is 5.82 Å². The number of anilines is 2. The highest BCUT2D eigenvalue weighted by Gasteiger charge is 2.16. The Kier molecular flexibility index (Phi) is 5.67. The minimum atomic E-state index is -0.433. The molecule has 4 rings (SSSR count). The molecule has 0 fully saturated rings. The molecule has 8 heteroatoms. The molecule has 0 saturated carbocycles. The number of hydrogen-bond acceptors (Lipinski definition) is 4. The van der Waals surface area contributed by atoms with Crippen LogP contribution in [-0.2, 0) is 4.79 Å². The Hall–Kier alpha value is -4.46. The van der Waals surface area contributed by atoms with Crippen LogP contribution in [0, 0.1) is 5.82 Å². The third kappa shape index (κ3) is 4.20. The number of nitrogens with zero attached hydrogens (tertiary/aromatic N) is 1. The number of aromatic nitrogens is 2. The van der Waals surface area contributed by atoms with E-state index in [2.05, 4.69) is 27.4 Å². The zero-order valence-corrected chi connectivity index (χ0v) is 17.1. The van der Waals surface area contributed by atoms with E-state index in [1.165, 1.54) is 19.2 Å². The number of rotatable bonds is 6. The van der Waals surface area contributed by atoms with Crippen molar-refractivity contribution < 1.29 is 18.7 Å². The van der Waals surface area contributed by atoms with Crippen LogP contribution in [0.5, 0.6) is 5.75 Å². The molecule has 0 bridgehead atoms. The number of para-hydroxylation sites is 1. The van der Waals surface area contributed by atoms with Crippen molar-refractivity contribution in [2.45, 2.75) is 0 Å². The van der Waals surface area contributed by atoms with Gasteiger partial charge in [-0.15, -0.1) is 0 Å². The summed E-state index contributed by atoms with van der Waals surface area (Å²) in [6.45, 7) is 3.42. The molecule has 1 heterocycles. The SMILES string of the molecule is C=CC(=O)Nc1ccccc1C(=O)Nc1n[nH]c2cc(-c3cc(F)cc(OC)c3)ccc12. The molecule has 0 radical (unpaired) electrons. The van der Waals surface area contributed by atoms with Crippen LogP contribution in [0.1, 0.15) is 10.4 Å². The lowest BCUT2D eigenvalue weighted by atomic mass is 10.0. The van der Waals surface area contributed by atoms with E-state index in [0.717, 1.165) is 11.6 Å². The fourth-order valence-corrected chi connectivity index (χ4v) is 3.29. The van der Waals surface area contributed by atoms with E-state index < -0.39 is 17.6 Å². The molecule has 0 atom stereocenters. The van der Waals surface area contributed by atoms with E-state index in [9.17, 15) is 14.0 Å². The lowest BCUT2D eigenvalue weighted by molar-refractivity contribution is -0.111. The predicted octanol–water partition coefficient (Wildman–Crippen LogP) is 4.75. The van der Waals surface area contributed by atoms with Gasteiger partial charge in [-0.2, -0.15) is 5.10 Å². The van der Waals surface area contributed by atoms with E-state index in [1.54, 1.807) is 42.5 Å². The van der Waals surface area contributed by atoms with Gasteiger partial charge >= 0.3 is 0 Å². The molecule has 0 spiro atoms. The van der Waals surface area contributed by atoms with Gasteiger partial charge in [0.25, 0.3) is 5.91 Å². The Morgan fingerprint density at radius 1 is 1.06 bits per heavy atom. The molecule has 0 saturated heterocycles. The van der Waals surface area contributed by atoms with Crippen LogP contribution < -0.4 is 15.4 Å². The Balaban J connectivity index is 1.62. The highest BCUT2D eigenvalue weighted by Crippen LogP contribution is 2.30. The molecular formula is C24H19FN4O3. The normalized spacial score (nSPS) is 10.6. The van der Waals surface area contributed by atoms with Crippen LogP contribution in [-0.4, -0.2) is 29.1 Å². The van der Waals surface area contributed by atoms with E-state index in [0.29, 0.717) is 33.7 Å². The van der Waals surface area contributed by atoms with Gasteiger partial charge in [0.1, 0.15) is 11.6 Å². The molecule has 160 valence electrons. The second-order valence-corrected chi connectivity index (χ2v) is 6.91. The van der Waals surface area contributed by atoms with Crippen molar-refractivity contribution in [2.75, 3.05) is 17.7 Å². The van der Waals surface area contributed by atoms with Gasteiger partial charge in [0, 0.05) is 11.5 Å². The largest absolute Gasteiger partial charge is 0.497 e. The third-order valence-electron chi connectivity index (χ3n) is 4.85. The number of H-pyrrole nitrogens is 1. The highest BCUT2D eigenvalue weighted by molar-refractivity contribution is 6.13. The van der Waals surface area contributed by atoms with Gasteiger partial charge in [0.05, 0.1) is 23.9 Å². The Morgan fingerprint density at radius 2 is 1.88 bits per heavy atom. The molecule has 2 amide bonds. The number of carbonyl (C=O) groups excluding carboxylic acids is 2. The van der Waals surface area contributed by atoms with Crippen molar-refractivity contribution in [1.82, 2.24) is 10.2 Å². The van der Waals surface area contributed by atoms with Crippen molar-refractivity contribution in [3.8, 4) is 16.9 Å². The standard InChI is InChI=1S/C24H19FN4O3/c1-3-22(30)26-20-7-5-4-6-19(20)24(31)27-23-18-9-8-14(12-21(18)28-29-23)15-10-16(25)13-17(11-15)32-2/h3-13H,1H2,2H3,(H,26,30)(H2,27,28,29,31). The first-order valence-electron chi connectivity index (χ1n) is 9.65. The second kappa shape index (κ2) is 8.73. The van der Waals surface area contributed by atoms with Crippen molar-refractivity contribution >= 4 is 34.2 Å². The highest BCUT2D eigenvalue weighted by atomic mass is 19.1. The fraction of sp³-hybridized carbons (Fsp3) is 0.0417. The average molecular weight is 430 g/mol. The zero-order valence-electron chi connectivity index (χ0n) is 17.1. The number of nitrogens with one attached hydrogen (secondary N) is 3. The molecule has 0 aliphatic heterocycles. The van der Waals surface area contributed by atoms with E-state index in [1.807, 2.05) is 6.07 Å². The van der Waals surface area contributed by atoms with Crippen molar-refractivity contribution in [3.05, 3.63) is 84.7 Å². The van der Waals surface area contributed by atoms with Crippen LogP contribution in [0.3, 0.4) is 0 Å². The first-order valence-corrected chi connectivity index (χ1v) is 9.65. The maximum atomic E-state index is 13.9. The summed E-state index contributed by atoms with van der Waals surface area (Å²) in [6, 6.07) is 16.5. The molecule has 3 aromatic carbocycles. The maximum Gasteiger partial charge on any atom is 0.258 e. The minimum absolute atomic E-state index is 0.280. The molecule has 4 aromatic rings. The maximum absolute atomic E-state index is 13.9. The van der Waals surface area contributed by atoms with Gasteiger partial charge in [-0.3, -0.25) is 14.7 Å². The number of halogens is 1. The first kappa shape index (κ1) is 20.8. The molecule has 0 aliphatic carbocycles. The van der Waals surface area contributed by atoms with Gasteiger partial charge in [-0.05, 0) is 53.6 Å². The number of carbonyl (C=O) groups is 2. The monoisotopic (exact) mass is 430 g/mol. The van der Waals surface area contributed by atoms with E-state index in [-0.39, 0.29) is 5.56 Å². The third-order valence-corrected chi connectivity index (χ3v) is 4.85. The number of hydrogen-bond donors (Lipinski definition) is 3. The van der Waals surface area contributed by atoms with Gasteiger partial charge in [-0.25, -0.2) is 4.39 Å². The lowest BCUT2D eigenvalue weighted by Crippen LogP contribution is -2.17. The van der Waals surface area contributed by atoms with Gasteiger partial charge < -0.3 is 15.4 Å². The van der Waals surface area contributed by atoms with Crippen molar-refractivity contribution in [2.24, 2.45) is 0 Å². The minimum Gasteiger partial charge on any atom is -0.497 e. The van der Waals surface area contributed by atoms with E-state index >= 15 is 0 Å². The van der Waals surface area contributed by atoms with Crippen LogP contribution in [0.15, 0.2) is 73.3 Å². The molecule has 7 nitrogen and oxygen atoms in total. The summed E-state index contributed by atoms with van der Waals surface area (Å²) in [6.07, 6.45) is 1.13. The molecular weight excluding hydrogens is 411 g/mol. The van der Waals surface area contributed by atoms with Crippen LogP contribution in [0.25, 0.3) is 22.0 Å². The smallest absolute Gasteiger partial charge is 0.258 e. The average Bonchev–Trinajstić information content (AvgIpc) is 3.20. The topological polar surface area (TPSA) is 96.1 Å². The number of fused-ring (bicyclic) bond motifs is 1. The van der Waals surface area contributed by atoms with Crippen molar-refractivity contribution in [3.63, 3.8) is 0 Å². The molecule has 32 heavy (non-hydrogen) atoms. The second-order valence-electron chi connectivity index (χ2n) is 6.91. The van der Waals surface area contributed by atoms with E-state index in [4.69, 9.17) is 4.74 Å². The summed E-state index contributed by atoms with van der Waals surface area (Å²) < 4.78 is 19.0. The molecule has 1 aromatic heterocycles. The summed E-state index contributed by atoms with van der Waals surface area (Å²) in [7, 11) is 1.48. The number of methoxy groups -OCH3 is 1. The predicted molar refractivity (Wildman–Crippen MR) is 121 cm³/mol. The molecule has 0 aliphatic rings. The summed E-state index contributed by atoms with van der Waals surface area (Å²) in [5, 5.41) is 13.1. The number of amides is 2. The van der Waals surface area contributed by atoms with Crippen LogP contribution in [0.2, 0.25) is 0 Å². The number of ether oxygens (including phenoxy) is 1. The number of aromatic amines is 1. The molecule has 0 unspecified atom stereocenters. The summed E-state index contributed by atoms with van der Waals surface area (Å²) in [5.41, 5.74) is 2.71. The quantitative estimate of drug-likeness (QED) is 0.385. The zero-order chi connectivity index (χ0) is 22.7. The summed E-state index contributed by atoms with van der Waals surface area (Å²) >= 11 is 0. The summed E-state index contributed by atoms with van der Waals surface area (Å²) in [5.74, 6) is -0.508. The Morgan fingerprint density at radius 3 is 2.66 bits per heavy atom. The Labute approximate surface area is 182 Å². The Bertz CT molecular complexity index is 1350. The number of benzene rings is 3. The van der Waals surface area contributed by atoms with Crippen LogP contribution >= 0.6 is 0 Å². The first-order chi connectivity index (χ1) is 15.5. The fourth-order valence-electron chi connectivity index (χ4n) is 3.29.